The highest BCUT2D eigenvalue weighted by molar-refractivity contribution is 6.05. The molecule has 1 amide bonds. The molecule has 1 saturated carbocycles. The Hall–Kier alpha value is -3.13. The van der Waals surface area contributed by atoms with Gasteiger partial charge in [0.1, 0.15) is 11.6 Å². The van der Waals surface area contributed by atoms with Crippen molar-refractivity contribution in [1.29, 1.82) is 0 Å². The summed E-state index contributed by atoms with van der Waals surface area (Å²) in [5, 5.41) is 18.3. The first-order valence-electron chi connectivity index (χ1n) is 10.6. The molecule has 1 N–H and O–H groups in total. The molecule has 0 spiro atoms. The molecule has 1 atom stereocenters. The van der Waals surface area contributed by atoms with Crippen molar-refractivity contribution >= 4 is 5.91 Å². The number of rotatable bonds is 5. The summed E-state index contributed by atoms with van der Waals surface area (Å²) in [5.74, 6) is -1.05. The van der Waals surface area contributed by atoms with Gasteiger partial charge in [-0.05, 0) is 61.9 Å². The van der Waals surface area contributed by atoms with Crippen LogP contribution in [0.4, 0.5) is 8.78 Å². The van der Waals surface area contributed by atoms with E-state index in [0.717, 1.165) is 12.8 Å². The van der Waals surface area contributed by atoms with E-state index in [-0.39, 0.29) is 52.6 Å². The molecule has 0 bridgehead atoms. The average Bonchev–Trinajstić information content (AvgIpc) is 3.37. The summed E-state index contributed by atoms with van der Waals surface area (Å²) in [6.07, 6.45) is 1.88. The van der Waals surface area contributed by atoms with Crippen LogP contribution in [0.1, 0.15) is 48.5 Å². The van der Waals surface area contributed by atoms with Crippen LogP contribution in [0.5, 0.6) is 0 Å². The normalized spacial score (nSPS) is 17.1. The molecule has 1 fully saturated rings. The van der Waals surface area contributed by atoms with Gasteiger partial charge in [-0.2, -0.15) is 0 Å². The summed E-state index contributed by atoms with van der Waals surface area (Å²) in [7, 11) is 0. The van der Waals surface area contributed by atoms with E-state index < -0.39 is 17.2 Å². The van der Waals surface area contributed by atoms with Gasteiger partial charge < -0.3 is 14.4 Å². The lowest BCUT2D eigenvalue weighted by Crippen LogP contribution is -2.51. The quantitative estimate of drug-likeness (QED) is 0.634. The SMILES string of the molecule is Cc1nnc(-c2ccc(-c3c(F)ccc4c3C(=O)N(C(C3CC3)C(C)(C)O)C4)cc2F)o1. The molecular formula is C24H23F2N3O3. The van der Waals surface area contributed by atoms with E-state index in [9.17, 15) is 14.3 Å². The average molecular weight is 439 g/mol. The molecule has 0 saturated heterocycles. The Labute approximate surface area is 183 Å². The van der Waals surface area contributed by atoms with Crippen LogP contribution in [0.15, 0.2) is 34.7 Å². The number of benzene rings is 2. The maximum absolute atomic E-state index is 15.0. The van der Waals surface area contributed by atoms with E-state index >= 15 is 4.39 Å². The first-order chi connectivity index (χ1) is 15.1. The topological polar surface area (TPSA) is 79.5 Å². The molecule has 3 aromatic rings. The minimum Gasteiger partial charge on any atom is -0.421 e. The van der Waals surface area contributed by atoms with E-state index in [1.165, 1.54) is 18.2 Å². The van der Waals surface area contributed by atoms with Gasteiger partial charge >= 0.3 is 0 Å². The number of carbonyl (C=O) groups is 1. The van der Waals surface area contributed by atoms with Gasteiger partial charge in [0.2, 0.25) is 5.89 Å². The number of carbonyl (C=O) groups excluding carboxylic acids is 1. The Kier molecular flexibility index (Phi) is 4.67. The Morgan fingerprint density at radius 1 is 1.12 bits per heavy atom. The maximum Gasteiger partial charge on any atom is 0.255 e. The number of nitrogens with zero attached hydrogens (tertiary/aromatic N) is 3. The van der Waals surface area contributed by atoms with Gasteiger partial charge in [-0.1, -0.05) is 12.1 Å². The lowest BCUT2D eigenvalue weighted by atomic mass is 9.92. The van der Waals surface area contributed by atoms with Crippen molar-refractivity contribution in [3.63, 3.8) is 0 Å². The molecule has 6 nitrogen and oxygen atoms in total. The molecule has 1 aromatic heterocycles. The van der Waals surface area contributed by atoms with Crippen molar-refractivity contribution in [2.75, 3.05) is 0 Å². The summed E-state index contributed by atoms with van der Waals surface area (Å²) in [5.41, 5.74) is 0.212. The second-order valence-electron chi connectivity index (χ2n) is 9.15. The zero-order chi connectivity index (χ0) is 22.8. The van der Waals surface area contributed by atoms with Crippen molar-refractivity contribution in [2.45, 2.75) is 51.8 Å². The fraction of sp³-hybridized carbons (Fsp3) is 0.375. The summed E-state index contributed by atoms with van der Waals surface area (Å²) >= 11 is 0. The number of aliphatic hydroxyl groups is 1. The molecule has 1 unspecified atom stereocenters. The molecule has 1 aliphatic carbocycles. The van der Waals surface area contributed by atoms with Crippen molar-refractivity contribution < 1.29 is 23.1 Å². The van der Waals surface area contributed by atoms with E-state index in [1.807, 2.05) is 0 Å². The van der Waals surface area contributed by atoms with Crippen LogP contribution in [0, 0.1) is 24.5 Å². The van der Waals surface area contributed by atoms with Crippen LogP contribution >= 0.6 is 0 Å². The smallest absolute Gasteiger partial charge is 0.255 e. The van der Waals surface area contributed by atoms with E-state index in [1.54, 1.807) is 37.8 Å². The van der Waals surface area contributed by atoms with E-state index in [0.29, 0.717) is 11.5 Å². The fourth-order valence-corrected chi connectivity index (χ4v) is 4.78. The van der Waals surface area contributed by atoms with Gasteiger partial charge in [0, 0.05) is 19.0 Å². The zero-order valence-electron chi connectivity index (χ0n) is 18.0. The summed E-state index contributed by atoms with van der Waals surface area (Å²) in [4.78, 5) is 15.1. The number of halogens is 2. The Morgan fingerprint density at radius 2 is 1.88 bits per heavy atom. The molecule has 5 rings (SSSR count). The molecule has 166 valence electrons. The lowest BCUT2D eigenvalue weighted by molar-refractivity contribution is -0.0224. The third-order valence-corrected chi connectivity index (χ3v) is 6.20. The number of hydrogen-bond donors (Lipinski definition) is 1. The second-order valence-corrected chi connectivity index (χ2v) is 9.15. The molecule has 2 aliphatic rings. The van der Waals surface area contributed by atoms with Crippen LogP contribution in [0.2, 0.25) is 0 Å². The first-order valence-corrected chi connectivity index (χ1v) is 10.6. The van der Waals surface area contributed by atoms with Gasteiger partial charge in [0.25, 0.3) is 11.8 Å². The van der Waals surface area contributed by atoms with Crippen LogP contribution in [0.3, 0.4) is 0 Å². The summed E-state index contributed by atoms with van der Waals surface area (Å²) < 4.78 is 35.2. The minimum atomic E-state index is -1.09. The van der Waals surface area contributed by atoms with Crippen LogP contribution < -0.4 is 0 Å². The number of aryl methyl sites for hydroxylation is 1. The number of amides is 1. The number of aromatic nitrogens is 2. The van der Waals surface area contributed by atoms with Crippen molar-refractivity contribution in [3.05, 3.63) is 59.0 Å². The molecule has 32 heavy (non-hydrogen) atoms. The Bertz CT molecular complexity index is 1230. The molecule has 0 radical (unpaired) electrons. The first kappa shape index (κ1) is 20.8. The predicted molar refractivity (Wildman–Crippen MR) is 113 cm³/mol. The second kappa shape index (κ2) is 7.20. The van der Waals surface area contributed by atoms with E-state index in [4.69, 9.17) is 4.42 Å². The number of fused-ring (bicyclic) bond motifs is 1. The van der Waals surface area contributed by atoms with Crippen molar-refractivity contribution in [3.8, 4) is 22.6 Å². The van der Waals surface area contributed by atoms with Gasteiger partial charge in [0.05, 0.1) is 22.8 Å². The van der Waals surface area contributed by atoms with Crippen LogP contribution in [-0.4, -0.2) is 37.8 Å². The van der Waals surface area contributed by atoms with Gasteiger partial charge in [0.15, 0.2) is 0 Å². The lowest BCUT2D eigenvalue weighted by Gasteiger charge is -2.37. The van der Waals surface area contributed by atoms with Gasteiger partial charge in [-0.15, -0.1) is 10.2 Å². The van der Waals surface area contributed by atoms with Crippen molar-refractivity contribution in [1.82, 2.24) is 15.1 Å². The van der Waals surface area contributed by atoms with Gasteiger partial charge in [-0.25, -0.2) is 8.78 Å². The molecular weight excluding hydrogens is 416 g/mol. The minimum absolute atomic E-state index is 0.0324. The monoisotopic (exact) mass is 439 g/mol. The third-order valence-electron chi connectivity index (χ3n) is 6.20. The molecule has 2 heterocycles. The highest BCUT2D eigenvalue weighted by Gasteiger charge is 2.48. The van der Waals surface area contributed by atoms with Crippen LogP contribution in [-0.2, 0) is 6.54 Å². The molecule has 2 aromatic carbocycles. The Balaban J connectivity index is 1.57. The Morgan fingerprint density at radius 3 is 2.47 bits per heavy atom. The standard InChI is InChI=1S/C24H23F2N3O3/c1-12-27-28-22(32-12)16-8-6-14(10-18(16)26)19-17(25)9-7-15-11-29(23(30)20(15)19)21(13-4-5-13)24(2,3)31/h6-10,13,21,31H,4-5,11H2,1-3H3. The largest absolute Gasteiger partial charge is 0.421 e. The van der Waals surface area contributed by atoms with Crippen LogP contribution in [0.25, 0.3) is 22.6 Å². The zero-order valence-corrected chi connectivity index (χ0v) is 18.0. The van der Waals surface area contributed by atoms with Crippen molar-refractivity contribution in [2.24, 2.45) is 5.92 Å². The summed E-state index contributed by atoms with van der Waals surface area (Å²) in [6.45, 7) is 5.28. The molecule has 8 heteroatoms. The molecule has 1 aliphatic heterocycles. The predicted octanol–water partition coefficient (Wildman–Crippen LogP) is 4.50. The third kappa shape index (κ3) is 3.39. The van der Waals surface area contributed by atoms with Gasteiger partial charge in [-0.3, -0.25) is 4.79 Å². The maximum atomic E-state index is 15.0. The fourth-order valence-electron chi connectivity index (χ4n) is 4.78. The number of hydrogen-bond acceptors (Lipinski definition) is 5. The highest BCUT2D eigenvalue weighted by atomic mass is 19.1. The van der Waals surface area contributed by atoms with E-state index in [2.05, 4.69) is 10.2 Å². The highest BCUT2D eigenvalue weighted by Crippen LogP contribution is 2.44. The summed E-state index contributed by atoms with van der Waals surface area (Å²) in [6, 6.07) is 6.69.